The van der Waals surface area contributed by atoms with Crippen LogP contribution in [-0.4, -0.2) is 9.55 Å². The minimum atomic E-state index is 0.294. The van der Waals surface area contributed by atoms with Gasteiger partial charge >= 0.3 is 0 Å². The maximum atomic E-state index is 6.18. The summed E-state index contributed by atoms with van der Waals surface area (Å²) in [7, 11) is 0. The van der Waals surface area contributed by atoms with E-state index in [1.165, 1.54) is 0 Å². The van der Waals surface area contributed by atoms with Crippen LogP contribution in [0.2, 0.25) is 5.02 Å². The molecule has 3 nitrogen and oxygen atoms in total. The summed E-state index contributed by atoms with van der Waals surface area (Å²) < 4.78 is 2.87. The first-order valence-electron chi connectivity index (χ1n) is 5.71. The molecule has 18 heavy (non-hydrogen) atoms. The van der Waals surface area contributed by atoms with Gasteiger partial charge in [0.1, 0.15) is 17.3 Å². The number of aromatic nitrogens is 2. The Morgan fingerprint density at radius 1 is 1.39 bits per heavy atom. The molecule has 0 unspecified atom stereocenters. The van der Waals surface area contributed by atoms with Crippen LogP contribution >= 0.6 is 27.5 Å². The van der Waals surface area contributed by atoms with Gasteiger partial charge in [0.2, 0.25) is 0 Å². The Kier molecular flexibility index (Phi) is 3.69. The second-order valence-electron chi connectivity index (χ2n) is 4.49. The Morgan fingerprint density at radius 2 is 2.06 bits per heavy atom. The van der Waals surface area contributed by atoms with Crippen molar-refractivity contribution in [1.29, 1.82) is 0 Å². The second kappa shape index (κ2) is 4.94. The number of benzene rings is 1. The molecular weight excluding hydrogens is 314 g/mol. The Hall–Kier alpha value is -1.00. The summed E-state index contributed by atoms with van der Waals surface area (Å²) in [4.78, 5) is 4.55. The van der Waals surface area contributed by atoms with Gasteiger partial charge in [-0.15, -0.1) is 0 Å². The molecule has 0 amide bonds. The van der Waals surface area contributed by atoms with Crippen molar-refractivity contribution < 1.29 is 0 Å². The lowest BCUT2D eigenvalue weighted by Gasteiger charge is -2.11. The third-order valence-electron chi connectivity index (χ3n) is 2.83. The summed E-state index contributed by atoms with van der Waals surface area (Å²) in [5.41, 5.74) is 7.95. The molecular formula is C13H15BrClN3. The van der Waals surface area contributed by atoms with E-state index in [0.717, 1.165) is 21.6 Å². The number of aryl methyl sites for hydroxylation is 1. The molecule has 0 bridgehead atoms. The van der Waals surface area contributed by atoms with Gasteiger partial charge in [-0.2, -0.15) is 0 Å². The number of nitrogens with zero attached hydrogens (tertiary/aromatic N) is 2. The predicted octanol–water partition coefficient (Wildman–Crippen LogP) is 4.44. The fourth-order valence-corrected chi connectivity index (χ4v) is 2.57. The highest BCUT2D eigenvalue weighted by molar-refractivity contribution is 9.10. The topological polar surface area (TPSA) is 43.8 Å². The standard InChI is InChI=1S/C13H15BrClN3/c1-7(2)18-8(3)17-12(13(18)16)9-4-5-11(15)10(14)6-9/h4-7H,16H2,1-3H3. The van der Waals surface area contributed by atoms with Gasteiger partial charge in [0.25, 0.3) is 0 Å². The summed E-state index contributed by atoms with van der Waals surface area (Å²) in [6, 6.07) is 5.99. The molecule has 0 saturated carbocycles. The van der Waals surface area contributed by atoms with E-state index in [9.17, 15) is 0 Å². The van der Waals surface area contributed by atoms with Crippen LogP contribution in [0.4, 0.5) is 5.82 Å². The lowest BCUT2D eigenvalue weighted by atomic mass is 10.1. The largest absolute Gasteiger partial charge is 0.383 e. The van der Waals surface area contributed by atoms with Crippen LogP contribution in [-0.2, 0) is 0 Å². The fourth-order valence-electron chi connectivity index (χ4n) is 2.07. The molecule has 0 saturated heterocycles. The van der Waals surface area contributed by atoms with E-state index in [0.29, 0.717) is 16.9 Å². The van der Waals surface area contributed by atoms with Gasteiger partial charge < -0.3 is 10.3 Å². The molecule has 0 atom stereocenters. The number of imidazole rings is 1. The molecule has 96 valence electrons. The Morgan fingerprint density at radius 3 is 2.56 bits per heavy atom. The lowest BCUT2D eigenvalue weighted by molar-refractivity contribution is 0.590. The molecule has 2 rings (SSSR count). The Bertz CT molecular complexity index is 590. The molecule has 0 aliphatic heterocycles. The maximum absolute atomic E-state index is 6.18. The van der Waals surface area contributed by atoms with Gasteiger partial charge in [-0.1, -0.05) is 17.7 Å². The van der Waals surface area contributed by atoms with Gasteiger partial charge in [0.15, 0.2) is 0 Å². The summed E-state index contributed by atoms with van der Waals surface area (Å²) in [6.07, 6.45) is 0. The van der Waals surface area contributed by atoms with Crippen molar-refractivity contribution in [1.82, 2.24) is 9.55 Å². The Labute approximate surface area is 120 Å². The highest BCUT2D eigenvalue weighted by atomic mass is 79.9. The summed E-state index contributed by atoms with van der Waals surface area (Å²) in [5, 5.41) is 0.678. The van der Waals surface area contributed by atoms with Gasteiger partial charge in [-0.25, -0.2) is 4.98 Å². The highest BCUT2D eigenvalue weighted by Gasteiger charge is 2.16. The predicted molar refractivity (Wildman–Crippen MR) is 79.9 cm³/mol. The van der Waals surface area contributed by atoms with Gasteiger partial charge in [-0.3, -0.25) is 0 Å². The average Bonchev–Trinajstić information content (AvgIpc) is 2.58. The quantitative estimate of drug-likeness (QED) is 0.886. The number of anilines is 1. The molecule has 0 aliphatic carbocycles. The van der Waals surface area contributed by atoms with Gasteiger partial charge in [-0.05, 0) is 48.8 Å². The third-order valence-corrected chi connectivity index (χ3v) is 4.05. The van der Waals surface area contributed by atoms with Gasteiger partial charge in [0.05, 0.1) is 5.02 Å². The second-order valence-corrected chi connectivity index (χ2v) is 5.75. The first kappa shape index (κ1) is 13.4. The molecule has 0 spiro atoms. The molecule has 5 heteroatoms. The number of rotatable bonds is 2. The third kappa shape index (κ3) is 2.27. The van der Waals surface area contributed by atoms with Crippen LogP contribution in [0.15, 0.2) is 22.7 Å². The SMILES string of the molecule is Cc1nc(-c2ccc(Cl)c(Br)c2)c(N)n1C(C)C. The van der Waals surface area contributed by atoms with E-state index in [-0.39, 0.29) is 0 Å². The van der Waals surface area contributed by atoms with Crippen LogP contribution < -0.4 is 5.73 Å². The Balaban J connectivity index is 2.58. The zero-order valence-corrected chi connectivity index (χ0v) is 12.9. The van der Waals surface area contributed by atoms with E-state index in [1.54, 1.807) is 0 Å². The van der Waals surface area contributed by atoms with Crippen molar-refractivity contribution in [2.75, 3.05) is 5.73 Å². The fraction of sp³-hybridized carbons (Fsp3) is 0.308. The number of halogens is 2. The lowest BCUT2D eigenvalue weighted by Crippen LogP contribution is -2.07. The summed E-state index contributed by atoms with van der Waals surface area (Å²) >= 11 is 9.41. The van der Waals surface area contributed by atoms with Crippen LogP contribution in [0, 0.1) is 6.92 Å². The van der Waals surface area contributed by atoms with Crippen LogP contribution in [0.3, 0.4) is 0 Å². The summed E-state index contributed by atoms with van der Waals surface area (Å²) in [6.45, 7) is 6.14. The van der Waals surface area contributed by atoms with Crippen molar-refractivity contribution in [3.05, 3.63) is 33.5 Å². The number of nitrogen functional groups attached to an aromatic ring is 1. The summed E-state index contributed by atoms with van der Waals surface area (Å²) in [5.74, 6) is 1.61. The van der Waals surface area contributed by atoms with E-state index < -0.39 is 0 Å². The van der Waals surface area contributed by atoms with Crippen molar-refractivity contribution in [3.63, 3.8) is 0 Å². The molecule has 0 aliphatic rings. The van der Waals surface area contributed by atoms with E-state index in [4.69, 9.17) is 17.3 Å². The van der Waals surface area contributed by atoms with Crippen molar-refractivity contribution in [2.24, 2.45) is 0 Å². The molecule has 0 fully saturated rings. The zero-order valence-electron chi connectivity index (χ0n) is 10.5. The first-order valence-corrected chi connectivity index (χ1v) is 6.88. The minimum Gasteiger partial charge on any atom is -0.383 e. The molecule has 1 aromatic carbocycles. The van der Waals surface area contributed by atoms with E-state index >= 15 is 0 Å². The molecule has 2 N–H and O–H groups in total. The minimum absolute atomic E-state index is 0.294. The van der Waals surface area contributed by atoms with Crippen LogP contribution in [0.1, 0.15) is 25.7 Å². The van der Waals surface area contributed by atoms with Crippen LogP contribution in [0.25, 0.3) is 11.3 Å². The molecule has 1 heterocycles. The maximum Gasteiger partial charge on any atom is 0.131 e. The zero-order chi connectivity index (χ0) is 13.4. The number of hydrogen-bond acceptors (Lipinski definition) is 2. The van der Waals surface area contributed by atoms with Crippen molar-refractivity contribution >= 4 is 33.3 Å². The van der Waals surface area contributed by atoms with Crippen molar-refractivity contribution in [3.8, 4) is 11.3 Å². The molecule has 1 aromatic heterocycles. The monoisotopic (exact) mass is 327 g/mol. The smallest absolute Gasteiger partial charge is 0.131 e. The normalized spacial score (nSPS) is 11.2. The highest BCUT2D eigenvalue weighted by Crippen LogP contribution is 2.32. The average molecular weight is 329 g/mol. The first-order chi connectivity index (χ1) is 8.41. The van der Waals surface area contributed by atoms with Gasteiger partial charge in [0, 0.05) is 16.1 Å². The molecule has 2 aromatic rings. The molecule has 0 radical (unpaired) electrons. The van der Waals surface area contributed by atoms with E-state index in [1.807, 2.05) is 29.7 Å². The van der Waals surface area contributed by atoms with E-state index in [2.05, 4.69) is 34.8 Å². The number of hydrogen-bond donors (Lipinski definition) is 1. The van der Waals surface area contributed by atoms with Crippen LogP contribution in [0.5, 0.6) is 0 Å². The van der Waals surface area contributed by atoms with Crippen molar-refractivity contribution in [2.45, 2.75) is 26.8 Å². The number of nitrogens with two attached hydrogens (primary N) is 1.